The Morgan fingerprint density at radius 3 is 2.23 bits per heavy atom. The molecule has 0 aliphatic rings. The lowest BCUT2D eigenvalue weighted by atomic mass is 10.3. The summed E-state index contributed by atoms with van der Waals surface area (Å²) in [5.74, 6) is -0.0440. The highest BCUT2D eigenvalue weighted by molar-refractivity contribution is 5.76. The summed E-state index contributed by atoms with van der Waals surface area (Å²) < 4.78 is 0. The highest BCUT2D eigenvalue weighted by atomic mass is 16.3. The van der Waals surface area contributed by atoms with Crippen molar-refractivity contribution in [2.24, 2.45) is 0 Å². The van der Waals surface area contributed by atoms with E-state index in [0.717, 1.165) is 0 Å². The molecule has 3 N–H and O–H groups in total. The Morgan fingerprint density at radius 2 is 1.85 bits per heavy atom. The number of nitrogens with one attached hydrogen (secondary N) is 1. The zero-order valence-electron chi connectivity index (χ0n) is 7.99. The first kappa shape index (κ1) is 12.3. The summed E-state index contributed by atoms with van der Waals surface area (Å²) >= 11 is 0. The SMILES string of the molecule is CNCCC(=O)N(CCO)CCO. The van der Waals surface area contributed by atoms with Crippen molar-refractivity contribution in [2.45, 2.75) is 6.42 Å². The fourth-order valence-electron chi connectivity index (χ4n) is 0.993. The average Bonchev–Trinajstić information content (AvgIpc) is 2.14. The van der Waals surface area contributed by atoms with Gasteiger partial charge in [-0.25, -0.2) is 0 Å². The number of hydrogen-bond acceptors (Lipinski definition) is 4. The molecular weight excluding hydrogens is 172 g/mol. The summed E-state index contributed by atoms with van der Waals surface area (Å²) in [6, 6.07) is 0. The number of carbonyl (C=O) groups excluding carboxylic acids is 1. The number of hydrogen-bond donors (Lipinski definition) is 3. The van der Waals surface area contributed by atoms with E-state index in [4.69, 9.17) is 10.2 Å². The molecule has 78 valence electrons. The predicted octanol–water partition coefficient (Wildman–Crippen LogP) is -1.59. The molecule has 13 heavy (non-hydrogen) atoms. The van der Waals surface area contributed by atoms with Crippen molar-refractivity contribution in [3.8, 4) is 0 Å². The van der Waals surface area contributed by atoms with Crippen LogP contribution in [0.3, 0.4) is 0 Å². The molecule has 0 rings (SSSR count). The largest absolute Gasteiger partial charge is 0.395 e. The average molecular weight is 190 g/mol. The Labute approximate surface area is 78.4 Å². The number of amides is 1. The molecule has 0 atom stereocenters. The Kier molecular flexibility index (Phi) is 7.57. The van der Waals surface area contributed by atoms with Gasteiger partial charge in [0.25, 0.3) is 0 Å². The lowest BCUT2D eigenvalue weighted by Crippen LogP contribution is -2.37. The van der Waals surface area contributed by atoms with Crippen LogP contribution in [0.5, 0.6) is 0 Å². The molecule has 0 saturated heterocycles. The predicted molar refractivity (Wildman–Crippen MR) is 49.3 cm³/mol. The minimum absolute atomic E-state index is 0.0440. The first-order valence-electron chi connectivity index (χ1n) is 4.40. The molecule has 0 aliphatic carbocycles. The molecule has 0 bridgehead atoms. The van der Waals surface area contributed by atoms with Crippen LogP contribution in [0.4, 0.5) is 0 Å². The van der Waals surface area contributed by atoms with Gasteiger partial charge in [0.2, 0.25) is 5.91 Å². The molecule has 0 heterocycles. The van der Waals surface area contributed by atoms with Crippen molar-refractivity contribution < 1.29 is 15.0 Å². The van der Waals surface area contributed by atoms with E-state index in [1.54, 1.807) is 7.05 Å². The highest BCUT2D eigenvalue weighted by Gasteiger charge is 2.10. The molecule has 0 unspecified atom stereocenters. The van der Waals surface area contributed by atoms with Gasteiger partial charge >= 0.3 is 0 Å². The Balaban J connectivity index is 3.80. The second-order valence-electron chi connectivity index (χ2n) is 2.68. The molecule has 1 amide bonds. The van der Waals surface area contributed by atoms with Crippen molar-refractivity contribution in [1.82, 2.24) is 10.2 Å². The van der Waals surface area contributed by atoms with E-state index in [-0.39, 0.29) is 19.1 Å². The van der Waals surface area contributed by atoms with Crippen molar-refractivity contribution in [2.75, 3.05) is 39.9 Å². The van der Waals surface area contributed by atoms with Crippen LogP contribution in [0, 0.1) is 0 Å². The van der Waals surface area contributed by atoms with E-state index in [0.29, 0.717) is 26.1 Å². The Morgan fingerprint density at radius 1 is 1.31 bits per heavy atom. The van der Waals surface area contributed by atoms with Gasteiger partial charge in [-0.3, -0.25) is 4.79 Å². The Hall–Kier alpha value is -0.650. The number of carbonyl (C=O) groups is 1. The molecule has 0 saturated carbocycles. The zero-order chi connectivity index (χ0) is 10.1. The molecule has 0 aliphatic heterocycles. The maximum absolute atomic E-state index is 11.3. The van der Waals surface area contributed by atoms with Crippen LogP contribution in [-0.4, -0.2) is 60.9 Å². The maximum Gasteiger partial charge on any atom is 0.224 e. The summed E-state index contributed by atoms with van der Waals surface area (Å²) in [6.07, 6.45) is 0.399. The van der Waals surface area contributed by atoms with Crippen LogP contribution in [-0.2, 0) is 4.79 Å². The molecular formula is C8H18N2O3. The normalized spacial score (nSPS) is 10.1. The van der Waals surface area contributed by atoms with Crippen LogP contribution in [0.25, 0.3) is 0 Å². The van der Waals surface area contributed by atoms with Gasteiger partial charge in [0.05, 0.1) is 13.2 Å². The first-order chi connectivity index (χ1) is 6.26. The molecule has 0 aromatic heterocycles. The minimum Gasteiger partial charge on any atom is -0.395 e. The van der Waals surface area contributed by atoms with E-state index >= 15 is 0 Å². The van der Waals surface area contributed by atoms with E-state index in [9.17, 15) is 4.79 Å². The van der Waals surface area contributed by atoms with Gasteiger partial charge < -0.3 is 20.4 Å². The standard InChI is InChI=1S/C8H18N2O3/c1-9-3-2-8(13)10(4-6-11)5-7-12/h9,11-12H,2-7H2,1H3. The maximum atomic E-state index is 11.3. The first-order valence-corrected chi connectivity index (χ1v) is 4.40. The fraction of sp³-hybridized carbons (Fsp3) is 0.875. The van der Waals surface area contributed by atoms with Gasteiger partial charge in [0.1, 0.15) is 0 Å². The molecule has 0 aromatic rings. The highest BCUT2D eigenvalue weighted by Crippen LogP contribution is 1.92. The van der Waals surface area contributed by atoms with Crippen molar-refractivity contribution in [3.05, 3.63) is 0 Å². The van der Waals surface area contributed by atoms with E-state index in [2.05, 4.69) is 5.32 Å². The molecule has 5 nitrogen and oxygen atoms in total. The number of rotatable bonds is 7. The fourth-order valence-corrected chi connectivity index (χ4v) is 0.993. The van der Waals surface area contributed by atoms with Crippen LogP contribution in [0.15, 0.2) is 0 Å². The summed E-state index contributed by atoms with van der Waals surface area (Å²) in [7, 11) is 1.77. The van der Waals surface area contributed by atoms with Crippen LogP contribution >= 0.6 is 0 Å². The van der Waals surface area contributed by atoms with Crippen LogP contribution < -0.4 is 5.32 Å². The number of aliphatic hydroxyl groups excluding tert-OH is 2. The third-order valence-electron chi connectivity index (χ3n) is 1.68. The molecule has 0 fully saturated rings. The van der Waals surface area contributed by atoms with Gasteiger partial charge in [0.15, 0.2) is 0 Å². The lowest BCUT2D eigenvalue weighted by Gasteiger charge is -2.20. The smallest absolute Gasteiger partial charge is 0.224 e. The third-order valence-corrected chi connectivity index (χ3v) is 1.68. The Bertz CT molecular complexity index is 135. The van der Waals surface area contributed by atoms with Crippen LogP contribution in [0.2, 0.25) is 0 Å². The molecule has 0 spiro atoms. The summed E-state index contributed by atoms with van der Waals surface area (Å²) in [4.78, 5) is 12.8. The lowest BCUT2D eigenvalue weighted by molar-refractivity contribution is -0.132. The zero-order valence-corrected chi connectivity index (χ0v) is 7.99. The molecule has 5 heteroatoms. The second-order valence-corrected chi connectivity index (χ2v) is 2.68. The number of aliphatic hydroxyl groups is 2. The third kappa shape index (κ3) is 5.57. The summed E-state index contributed by atoms with van der Waals surface area (Å²) in [5, 5.41) is 20.2. The van der Waals surface area contributed by atoms with Crippen LogP contribution in [0.1, 0.15) is 6.42 Å². The van der Waals surface area contributed by atoms with E-state index in [1.807, 2.05) is 0 Å². The van der Waals surface area contributed by atoms with Gasteiger partial charge in [-0.05, 0) is 7.05 Å². The number of nitrogens with zero attached hydrogens (tertiary/aromatic N) is 1. The van der Waals surface area contributed by atoms with Crippen molar-refractivity contribution in [3.63, 3.8) is 0 Å². The summed E-state index contributed by atoms with van der Waals surface area (Å²) in [6.45, 7) is 1.08. The summed E-state index contributed by atoms with van der Waals surface area (Å²) in [5.41, 5.74) is 0. The molecule has 0 aromatic carbocycles. The van der Waals surface area contributed by atoms with E-state index in [1.165, 1.54) is 4.90 Å². The van der Waals surface area contributed by atoms with Gasteiger partial charge in [-0.1, -0.05) is 0 Å². The minimum atomic E-state index is -0.0642. The van der Waals surface area contributed by atoms with Crippen molar-refractivity contribution in [1.29, 1.82) is 0 Å². The van der Waals surface area contributed by atoms with Gasteiger partial charge in [-0.15, -0.1) is 0 Å². The topological polar surface area (TPSA) is 72.8 Å². The quantitative estimate of drug-likeness (QED) is 0.452. The molecule has 0 radical (unpaired) electrons. The monoisotopic (exact) mass is 190 g/mol. The van der Waals surface area contributed by atoms with Gasteiger partial charge in [0, 0.05) is 26.1 Å². The van der Waals surface area contributed by atoms with E-state index < -0.39 is 0 Å². The van der Waals surface area contributed by atoms with Crippen molar-refractivity contribution >= 4 is 5.91 Å². The second kappa shape index (κ2) is 7.97. The van der Waals surface area contributed by atoms with Gasteiger partial charge in [-0.2, -0.15) is 0 Å².